The molecule has 0 aliphatic heterocycles. The van der Waals surface area contributed by atoms with E-state index in [4.69, 9.17) is 5.11 Å². The Morgan fingerprint density at radius 3 is 2.65 bits per heavy atom. The normalized spacial score (nSPS) is 11.5. The van der Waals surface area contributed by atoms with E-state index >= 15 is 0 Å². The molecular weight excluding hydrogens is 216 g/mol. The van der Waals surface area contributed by atoms with Gasteiger partial charge in [0.25, 0.3) is 0 Å². The summed E-state index contributed by atoms with van der Waals surface area (Å²) in [5, 5.41) is 17.9. The predicted octanol–water partition coefficient (Wildman–Crippen LogP) is 2.36. The molecule has 1 aromatic rings. The number of aliphatic carboxylic acids is 1. The molecule has 0 saturated heterocycles. The topological polar surface area (TPSA) is 57.5 Å². The SMILES string of the molecule is CC(C)(CO)c1cccc(CCCC(=O)O)c1. The Balaban J connectivity index is 2.69. The fraction of sp³-hybridized carbons (Fsp3) is 0.500. The Hall–Kier alpha value is -1.35. The molecule has 17 heavy (non-hydrogen) atoms. The molecule has 0 amide bonds. The minimum Gasteiger partial charge on any atom is -0.481 e. The van der Waals surface area contributed by atoms with Gasteiger partial charge in [-0.25, -0.2) is 0 Å². The second-order valence-corrected chi connectivity index (χ2v) is 4.99. The average Bonchev–Trinajstić information content (AvgIpc) is 2.29. The van der Waals surface area contributed by atoms with Crippen molar-refractivity contribution in [3.63, 3.8) is 0 Å². The maximum Gasteiger partial charge on any atom is 0.303 e. The molecule has 1 rings (SSSR count). The molecule has 0 heterocycles. The molecule has 3 heteroatoms. The van der Waals surface area contributed by atoms with Crippen LogP contribution in [-0.2, 0) is 16.6 Å². The molecule has 0 fully saturated rings. The molecule has 1 aromatic carbocycles. The number of rotatable bonds is 6. The summed E-state index contributed by atoms with van der Waals surface area (Å²) in [5.74, 6) is -0.753. The molecule has 2 N–H and O–H groups in total. The number of aliphatic hydroxyl groups is 1. The van der Waals surface area contributed by atoms with Crippen molar-refractivity contribution in [3.8, 4) is 0 Å². The van der Waals surface area contributed by atoms with Crippen molar-refractivity contribution >= 4 is 5.97 Å². The van der Waals surface area contributed by atoms with Gasteiger partial charge in [0.15, 0.2) is 0 Å². The van der Waals surface area contributed by atoms with Crippen LogP contribution in [0.2, 0.25) is 0 Å². The second-order valence-electron chi connectivity index (χ2n) is 4.99. The molecule has 0 saturated carbocycles. The number of aryl methyl sites for hydroxylation is 1. The lowest BCUT2D eigenvalue weighted by atomic mass is 9.84. The first-order chi connectivity index (χ1) is 7.95. The molecule has 0 atom stereocenters. The van der Waals surface area contributed by atoms with Gasteiger partial charge in [0.05, 0.1) is 6.61 Å². The first kappa shape index (κ1) is 13.7. The fourth-order valence-electron chi connectivity index (χ4n) is 1.68. The lowest BCUT2D eigenvalue weighted by molar-refractivity contribution is -0.137. The van der Waals surface area contributed by atoms with Crippen LogP contribution < -0.4 is 0 Å². The maximum absolute atomic E-state index is 10.4. The van der Waals surface area contributed by atoms with Gasteiger partial charge in [-0.05, 0) is 24.0 Å². The van der Waals surface area contributed by atoms with E-state index in [0.29, 0.717) is 6.42 Å². The third kappa shape index (κ3) is 4.19. The van der Waals surface area contributed by atoms with Gasteiger partial charge in [-0.1, -0.05) is 38.1 Å². The molecule has 0 aliphatic rings. The number of benzene rings is 1. The summed E-state index contributed by atoms with van der Waals surface area (Å²) in [6.45, 7) is 4.08. The third-order valence-corrected chi connectivity index (χ3v) is 2.96. The number of carbonyl (C=O) groups is 1. The predicted molar refractivity (Wildman–Crippen MR) is 67.1 cm³/mol. The summed E-state index contributed by atoms with van der Waals surface area (Å²) in [7, 11) is 0. The highest BCUT2D eigenvalue weighted by Crippen LogP contribution is 2.23. The van der Waals surface area contributed by atoms with Crippen molar-refractivity contribution in [1.82, 2.24) is 0 Å². The highest BCUT2D eigenvalue weighted by molar-refractivity contribution is 5.66. The fourth-order valence-corrected chi connectivity index (χ4v) is 1.68. The zero-order valence-electron chi connectivity index (χ0n) is 10.4. The van der Waals surface area contributed by atoms with E-state index in [1.165, 1.54) is 0 Å². The van der Waals surface area contributed by atoms with E-state index in [0.717, 1.165) is 17.5 Å². The number of hydrogen-bond donors (Lipinski definition) is 2. The Bertz CT molecular complexity index is 383. The molecule has 94 valence electrons. The zero-order valence-corrected chi connectivity index (χ0v) is 10.4. The zero-order chi connectivity index (χ0) is 12.9. The van der Waals surface area contributed by atoms with Crippen LogP contribution in [0.5, 0.6) is 0 Å². The van der Waals surface area contributed by atoms with E-state index < -0.39 is 5.97 Å². The van der Waals surface area contributed by atoms with Gasteiger partial charge in [-0.2, -0.15) is 0 Å². The Labute approximate surface area is 102 Å². The summed E-state index contributed by atoms with van der Waals surface area (Å²) in [5.41, 5.74) is 1.97. The van der Waals surface area contributed by atoms with Crippen LogP contribution in [0.25, 0.3) is 0 Å². The van der Waals surface area contributed by atoms with E-state index in [1.807, 2.05) is 32.0 Å². The van der Waals surface area contributed by atoms with Crippen LogP contribution in [0.1, 0.15) is 37.8 Å². The second kappa shape index (κ2) is 5.82. The van der Waals surface area contributed by atoms with E-state index in [1.54, 1.807) is 0 Å². The van der Waals surface area contributed by atoms with Crippen LogP contribution in [0.4, 0.5) is 0 Å². The first-order valence-electron chi connectivity index (χ1n) is 5.88. The minimum absolute atomic E-state index is 0.103. The summed E-state index contributed by atoms with van der Waals surface area (Å²) < 4.78 is 0. The smallest absolute Gasteiger partial charge is 0.303 e. The van der Waals surface area contributed by atoms with Crippen molar-refractivity contribution in [1.29, 1.82) is 0 Å². The van der Waals surface area contributed by atoms with Crippen molar-refractivity contribution in [2.24, 2.45) is 0 Å². The Kier molecular flexibility index (Phi) is 4.70. The molecule has 0 bridgehead atoms. The van der Waals surface area contributed by atoms with Gasteiger partial charge in [0.1, 0.15) is 0 Å². The van der Waals surface area contributed by atoms with E-state index in [9.17, 15) is 9.90 Å². The van der Waals surface area contributed by atoms with Crippen molar-refractivity contribution in [3.05, 3.63) is 35.4 Å². The van der Waals surface area contributed by atoms with Crippen LogP contribution in [0.15, 0.2) is 24.3 Å². The van der Waals surface area contributed by atoms with Crippen LogP contribution in [0.3, 0.4) is 0 Å². The van der Waals surface area contributed by atoms with Crippen LogP contribution in [-0.4, -0.2) is 22.8 Å². The molecular formula is C14H20O3. The van der Waals surface area contributed by atoms with Crippen molar-refractivity contribution in [2.45, 2.75) is 38.5 Å². The number of aliphatic hydroxyl groups excluding tert-OH is 1. The monoisotopic (exact) mass is 236 g/mol. The number of hydrogen-bond acceptors (Lipinski definition) is 2. The molecule has 0 radical (unpaired) electrons. The first-order valence-corrected chi connectivity index (χ1v) is 5.88. The molecule has 0 spiro atoms. The summed E-state index contributed by atoms with van der Waals surface area (Å²) in [4.78, 5) is 10.4. The average molecular weight is 236 g/mol. The Morgan fingerprint density at radius 2 is 2.06 bits per heavy atom. The highest BCUT2D eigenvalue weighted by Gasteiger charge is 2.19. The molecule has 0 aromatic heterocycles. The van der Waals surface area contributed by atoms with Crippen molar-refractivity contribution < 1.29 is 15.0 Å². The minimum atomic E-state index is -0.753. The van der Waals surface area contributed by atoms with Crippen LogP contribution in [0, 0.1) is 0 Å². The lowest BCUT2D eigenvalue weighted by Crippen LogP contribution is -2.22. The van der Waals surface area contributed by atoms with Gasteiger partial charge in [0.2, 0.25) is 0 Å². The quantitative estimate of drug-likeness (QED) is 0.797. The molecule has 0 unspecified atom stereocenters. The Morgan fingerprint density at radius 1 is 1.35 bits per heavy atom. The van der Waals surface area contributed by atoms with E-state index in [-0.39, 0.29) is 18.4 Å². The molecule has 0 aliphatic carbocycles. The largest absolute Gasteiger partial charge is 0.481 e. The highest BCUT2D eigenvalue weighted by atomic mass is 16.4. The van der Waals surface area contributed by atoms with Crippen LogP contribution >= 0.6 is 0 Å². The summed E-state index contributed by atoms with van der Waals surface area (Å²) in [6.07, 6.45) is 1.62. The standard InChI is InChI=1S/C14H20O3/c1-14(2,10-15)12-7-3-5-11(9-12)6-4-8-13(16)17/h3,5,7,9,15H,4,6,8,10H2,1-2H3,(H,16,17). The van der Waals surface area contributed by atoms with Gasteiger partial charge >= 0.3 is 5.97 Å². The molecule has 3 nitrogen and oxygen atoms in total. The summed E-state index contributed by atoms with van der Waals surface area (Å²) in [6, 6.07) is 8.01. The third-order valence-electron chi connectivity index (χ3n) is 2.96. The van der Waals surface area contributed by atoms with Gasteiger partial charge < -0.3 is 10.2 Å². The van der Waals surface area contributed by atoms with Gasteiger partial charge in [-0.15, -0.1) is 0 Å². The summed E-state index contributed by atoms with van der Waals surface area (Å²) >= 11 is 0. The van der Waals surface area contributed by atoms with Crippen molar-refractivity contribution in [2.75, 3.05) is 6.61 Å². The number of carboxylic acid groups (broad SMARTS) is 1. The van der Waals surface area contributed by atoms with Gasteiger partial charge in [-0.3, -0.25) is 4.79 Å². The maximum atomic E-state index is 10.4. The number of carboxylic acids is 1. The lowest BCUT2D eigenvalue weighted by Gasteiger charge is -2.22. The van der Waals surface area contributed by atoms with E-state index in [2.05, 4.69) is 6.07 Å². The van der Waals surface area contributed by atoms with Gasteiger partial charge in [0, 0.05) is 11.8 Å².